The number of hydrogen-bond donors (Lipinski definition) is 2. The summed E-state index contributed by atoms with van der Waals surface area (Å²) in [4.78, 5) is 4.14. The monoisotopic (exact) mass is 510 g/mol. The first-order chi connectivity index (χ1) is 12.4. The van der Waals surface area contributed by atoms with Crippen LogP contribution in [0.1, 0.15) is 19.4 Å². The normalized spacial score (nSPS) is 21.4. The predicted molar refractivity (Wildman–Crippen MR) is 120 cm³/mol. The van der Waals surface area contributed by atoms with Crippen LogP contribution in [0.5, 0.6) is 0 Å². The van der Waals surface area contributed by atoms with Gasteiger partial charge in [-0.15, -0.1) is 24.0 Å². The van der Waals surface area contributed by atoms with Crippen LogP contribution in [-0.2, 0) is 21.2 Å². The van der Waals surface area contributed by atoms with Crippen LogP contribution in [0.2, 0.25) is 0 Å². The number of hydrogen-bond acceptors (Lipinski definition) is 4. The fourth-order valence-electron chi connectivity index (χ4n) is 2.98. The molecule has 1 saturated heterocycles. The third kappa shape index (κ3) is 8.32. The van der Waals surface area contributed by atoms with Crippen molar-refractivity contribution in [3.63, 3.8) is 0 Å². The molecule has 1 aliphatic rings. The minimum absolute atomic E-state index is 0. The van der Waals surface area contributed by atoms with E-state index in [4.69, 9.17) is 4.74 Å². The molecule has 154 valence electrons. The summed E-state index contributed by atoms with van der Waals surface area (Å²) in [5.74, 6) is 0.645. The number of rotatable bonds is 7. The van der Waals surface area contributed by atoms with Gasteiger partial charge in [-0.3, -0.25) is 4.99 Å². The Morgan fingerprint density at radius 2 is 1.74 bits per heavy atom. The molecule has 0 bridgehead atoms. The van der Waals surface area contributed by atoms with Gasteiger partial charge in [0.05, 0.1) is 18.0 Å². The van der Waals surface area contributed by atoms with Crippen LogP contribution in [0.15, 0.2) is 35.3 Å². The maximum absolute atomic E-state index is 12.5. The summed E-state index contributed by atoms with van der Waals surface area (Å²) in [7, 11) is -1.63. The minimum atomic E-state index is -3.31. The molecule has 7 nitrogen and oxygen atoms in total. The van der Waals surface area contributed by atoms with E-state index in [1.54, 1.807) is 7.05 Å². The standard InChI is InChI=1S/C18H30N4O3S.HI/c1-15-13-22(14-16(2)25-15)26(23,24)12-11-21-18(19-3)20-10-9-17-7-5-4-6-8-17;/h4-8,15-16H,9-14H2,1-3H3,(H2,19,20,21);1H. The van der Waals surface area contributed by atoms with E-state index < -0.39 is 10.0 Å². The van der Waals surface area contributed by atoms with Crippen molar-refractivity contribution < 1.29 is 13.2 Å². The molecule has 1 aromatic carbocycles. The molecule has 2 N–H and O–H groups in total. The maximum Gasteiger partial charge on any atom is 0.216 e. The van der Waals surface area contributed by atoms with E-state index in [0.29, 0.717) is 25.6 Å². The summed E-state index contributed by atoms with van der Waals surface area (Å²) in [5, 5.41) is 6.28. The van der Waals surface area contributed by atoms with Gasteiger partial charge in [0, 0.05) is 33.2 Å². The number of morpholine rings is 1. The Morgan fingerprint density at radius 3 is 2.33 bits per heavy atom. The highest BCUT2D eigenvalue weighted by Crippen LogP contribution is 2.14. The molecule has 0 spiro atoms. The van der Waals surface area contributed by atoms with Gasteiger partial charge in [-0.2, -0.15) is 4.31 Å². The fraction of sp³-hybridized carbons (Fsp3) is 0.611. The Morgan fingerprint density at radius 1 is 1.15 bits per heavy atom. The number of aliphatic imine (C=N–C) groups is 1. The predicted octanol–water partition coefficient (Wildman–Crippen LogP) is 1.45. The van der Waals surface area contributed by atoms with Gasteiger partial charge in [0.1, 0.15) is 0 Å². The number of guanidine groups is 1. The highest BCUT2D eigenvalue weighted by Gasteiger charge is 2.30. The number of nitrogens with one attached hydrogen (secondary N) is 2. The lowest BCUT2D eigenvalue weighted by Crippen LogP contribution is -2.50. The molecule has 2 atom stereocenters. The van der Waals surface area contributed by atoms with Gasteiger partial charge in [-0.25, -0.2) is 8.42 Å². The van der Waals surface area contributed by atoms with E-state index in [0.717, 1.165) is 13.0 Å². The quantitative estimate of drug-likeness (QED) is 0.330. The smallest absolute Gasteiger partial charge is 0.216 e. The van der Waals surface area contributed by atoms with Crippen LogP contribution in [0.25, 0.3) is 0 Å². The first-order valence-corrected chi connectivity index (χ1v) is 10.6. The van der Waals surface area contributed by atoms with Gasteiger partial charge in [0.25, 0.3) is 0 Å². The Kier molecular flexibility index (Phi) is 10.6. The zero-order valence-electron chi connectivity index (χ0n) is 16.2. The highest BCUT2D eigenvalue weighted by atomic mass is 127. The second kappa shape index (κ2) is 11.8. The van der Waals surface area contributed by atoms with Crippen molar-refractivity contribution in [2.24, 2.45) is 4.99 Å². The van der Waals surface area contributed by atoms with Crippen molar-refractivity contribution in [1.29, 1.82) is 0 Å². The van der Waals surface area contributed by atoms with Crippen molar-refractivity contribution in [3.8, 4) is 0 Å². The van der Waals surface area contributed by atoms with Crippen molar-refractivity contribution in [1.82, 2.24) is 14.9 Å². The van der Waals surface area contributed by atoms with Crippen LogP contribution < -0.4 is 10.6 Å². The van der Waals surface area contributed by atoms with Gasteiger partial charge in [0.2, 0.25) is 10.0 Å². The second-order valence-corrected chi connectivity index (χ2v) is 8.64. The Bertz CT molecular complexity index is 675. The summed E-state index contributed by atoms with van der Waals surface area (Å²) in [6, 6.07) is 10.2. The SMILES string of the molecule is CN=C(NCCc1ccccc1)NCCS(=O)(=O)N1CC(C)OC(C)C1.I. The molecule has 2 unspecified atom stereocenters. The van der Waals surface area contributed by atoms with Crippen LogP contribution >= 0.6 is 24.0 Å². The average Bonchev–Trinajstić information content (AvgIpc) is 2.60. The molecule has 0 saturated carbocycles. The zero-order chi connectivity index (χ0) is 19.0. The molecule has 9 heteroatoms. The molecule has 27 heavy (non-hydrogen) atoms. The highest BCUT2D eigenvalue weighted by molar-refractivity contribution is 14.0. The van der Waals surface area contributed by atoms with E-state index in [2.05, 4.69) is 27.8 Å². The van der Waals surface area contributed by atoms with Crippen molar-refractivity contribution in [3.05, 3.63) is 35.9 Å². The molecule has 0 amide bonds. The molecule has 1 fully saturated rings. The lowest BCUT2D eigenvalue weighted by molar-refractivity contribution is -0.0440. The van der Waals surface area contributed by atoms with Gasteiger partial charge >= 0.3 is 0 Å². The third-order valence-corrected chi connectivity index (χ3v) is 6.01. The molecule has 1 heterocycles. The summed E-state index contributed by atoms with van der Waals surface area (Å²) < 4.78 is 32.2. The Hall–Kier alpha value is -0.910. The lowest BCUT2D eigenvalue weighted by Gasteiger charge is -2.34. The van der Waals surface area contributed by atoms with E-state index in [-0.39, 0.29) is 41.9 Å². The van der Waals surface area contributed by atoms with E-state index >= 15 is 0 Å². The van der Waals surface area contributed by atoms with Gasteiger partial charge < -0.3 is 15.4 Å². The van der Waals surface area contributed by atoms with Crippen LogP contribution in [0.4, 0.5) is 0 Å². The molecular weight excluding hydrogens is 479 g/mol. The largest absolute Gasteiger partial charge is 0.373 e. The van der Waals surface area contributed by atoms with Crippen LogP contribution in [-0.4, -0.2) is 69.9 Å². The number of ether oxygens (including phenoxy) is 1. The van der Waals surface area contributed by atoms with E-state index in [1.807, 2.05) is 32.0 Å². The first-order valence-electron chi connectivity index (χ1n) is 9.02. The molecule has 0 radical (unpaired) electrons. The summed E-state index contributed by atoms with van der Waals surface area (Å²) in [6.45, 7) is 5.67. The first kappa shape index (κ1) is 24.1. The fourth-order valence-corrected chi connectivity index (χ4v) is 4.47. The van der Waals surface area contributed by atoms with Gasteiger partial charge in [0.15, 0.2) is 5.96 Å². The van der Waals surface area contributed by atoms with Crippen molar-refractivity contribution >= 4 is 40.0 Å². The lowest BCUT2D eigenvalue weighted by atomic mass is 10.1. The van der Waals surface area contributed by atoms with E-state index in [1.165, 1.54) is 9.87 Å². The number of sulfonamides is 1. The van der Waals surface area contributed by atoms with Crippen molar-refractivity contribution in [2.75, 3.05) is 39.0 Å². The summed E-state index contributed by atoms with van der Waals surface area (Å²) in [6.07, 6.45) is 0.728. The second-order valence-electron chi connectivity index (χ2n) is 6.55. The van der Waals surface area contributed by atoms with Gasteiger partial charge in [-0.1, -0.05) is 30.3 Å². The van der Waals surface area contributed by atoms with Crippen LogP contribution in [0.3, 0.4) is 0 Å². The molecular formula is C18H31IN4O3S. The molecule has 1 aromatic rings. The summed E-state index contributed by atoms with van der Waals surface area (Å²) in [5.41, 5.74) is 1.24. The molecule has 1 aliphatic heterocycles. The number of benzene rings is 1. The van der Waals surface area contributed by atoms with Gasteiger partial charge in [-0.05, 0) is 25.8 Å². The minimum Gasteiger partial charge on any atom is -0.373 e. The zero-order valence-corrected chi connectivity index (χ0v) is 19.4. The third-order valence-electron chi connectivity index (χ3n) is 4.20. The van der Waals surface area contributed by atoms with Crippen molar-refractivity contribution in [2.45, 2.75) is 32.5 Å². The Labute approximate surface area is 180 Å². The topological polar surface area (TPSA) is 83.0 Å². The average molecular weight is 510 g/mol. The number of halogens is 1. The maximum atomic E-state index is 12.5. The molecule has 0 aliphatic carbocycles. The van der Waals surface area contributed by atoms with Crippen LogP contribution in [0, 0.1) is 0 Å². The molecule has 2 rings (SSSR count). The number of nitrogens with zero attached hydrogens (tertiary/aromatic N) is 2. The summed E-state index contributed by atoms with van der Waals surface area (Å²) >= 11 is 0. The Balaban J connectivity index is 0.00000364. The molecule has 0 aromatic heterocycles. The van der Waals surface area contributed by atoms with E-state index in [9.17, 15) is 8.42 Å².